The molecule has 0 radical (unpaired) electrons. The molecule has 0 saturated carbocycles. The van der Waals surface area contributed by atoms with E-state index < -0.39 is 16.6 Å². The molecule has 0 fully saturated rings. The number of carbonyl (C=O) groups excluding carboxylic acids is 1. The fraction of sp³-hybridized carbons (Fsp3) is 0.222. The lowest BCUT2D eigenvalue weighted by Crippen LogP contribution is -2.14. The van der Waals surface area contributed by atoms with Gasteiger partial charge in [0.05, 0.1) is 36.0 Å². The highest BCUT2D eigenvalue weighted by Crippen LogP contribution is 2.28. The minimum absolute atomic E-state index is 0.0285. The van der Waals surface area contributed by atoms with Crippen molar-refractivity contribution in [1.82, 2.24) is 0 Å². The Balaban J connectivity index is 1.86. The summed E-state index contributed by atoms with van der Waals surface area (Å²) in [5.74, 6) is -0.420. The second-order valence-electron chi connectivity index (χ2n) is 5.40. The quantitative estimate of drug-likeness (QED) is 0.431. The number of rotatable bonds is 8. The first kappa shape index (κ1) is 19.7. The molecule has 0 aliphatic rings. The molecule has 1 N–H and O–H groups in total. The van der Waals surface area contributed by atoms with Gasteiger partial charge in [-0.25, -0.2) is 4.39 Å². The van der Waals surface area contributed by atoms with Crippen molar-refractivity contribution < 1.29 is 23.6 Å². The highest BCUT2D eigenvalue weighted by atomic mass is 19.1. The summed E-state index contributed by atoms with van der Waals surface area (Å²) in [6.07, 6.45) is 0.353. The van der Waals surface area contributed by atoms with E-state index in [1.54, 1.807) is 12.1 Å². The Hall–Kier alpha value is -3.67. The number of benzene rings is 2. The maximum absolute atomic E-state index is 13.6. The number of hydrogen-bond acceptors (Lipinski definition) is 6. The number of nitro benzene ring substituents is 1. The van der Waals surface area contributed by atoms with Crippen molar-refractivity contribution >= 4 is 17.3 Å². The number of non-ortho nitro benzene ring substituents is 1. The molecule has 0 saturated heterocycles. The molecule has 0 bridgehead atoms. The van der Waals surface area contributed by atoms with E-state index in [1.165, 1.54) is 13.2 Å². The number of nitro groups is 1. The molecule has 0 aliphatic heterocycles. The van der Waals surface area contributed by atoms with Gasteiger partial charge in [-0.1, -0.05) is 0 Å². The Labute approximate surface area is 154 Å². The number of methoxy groups -OCH3 is 1. The molecule has 0 aliphatic carbocycles. The highest BCUT2D eigenvalue weighted by molar-refractivity contribution is 5.91. The molecule has 140 valence electrons. The smallest absolute Gasteiger partial charge is 0.271 e. The number of halogens is 1. The molecule has 8 nitrogen and oxygen atoms in total. The van der Waals surface area contributed by atoms with Crippen LogP contribution in [0.4, 0.5) is 15.8 Å². The van der Waals surface area contributed by atoms with Crippen LogP contribution in [0, 0.1) is 27.3 Å². The van der Waals surface area contributed by atoms with E-state index in [9.17, 15) is 19.3 Å². The Morgan fingerprint density at radius 2 is 2.07 bits per heavy atom. The van der Waals surface area contributed by atoms with Crippen molar-refractivity contribution in [2.45, 2.75) is 12.8 Å². The van der Waals surface area contributed by atoms with Crippen LogP contribution in [-0.2, 0) is 4.79 Å². The summed E-state index contributed by atoms with van der Waals surface area (Å²) in [5, 5.41) is 21.9. The van der Waals surface area contributed by atoms with Gasteiger partial charge in [0.1, 0.15) is 5.82 Å². The fourth-order valence-electron chi connectivity index (χ4n) is 2.21. The van der Waals surface area contributed by atoms with Gasteiger partial charge in [0.2, 0.25) is 5.91 Å². The van der Waals surface area contributed by atoms with Gasteiger partial charge in [-0.2, -0.15) is 5.26 Å². The molecule has 27 heavy (non-hydrogen) atoms. The Kier molecular flexibility index (Phi) is 6.66. The van der Waals surface area contributed by atoms with Crippen LogP contribution in [0.25, 0.3) is 0 Å². The average molecular weight is 373 g/mol. The van der Waals surface area contributed by atoms with Crippen LogP contribution < -0.4 is 14.8 Å². The monoisotopic (exact) mass is 373 g/mol. The summed E-state index contributed by atoms with van der Waals surface area (Å²) >= 11 is 0. The zero-order chi connectivity index (χ0) is 19.8. The third kappa shape index (κ3) is 5.40. The number of ether oxygens (including phenoxy) is 2. The van der Waals surface area contributed by atoms with Crippen molar-refractivity contribution in [2.24, 2.45) is 0 Å². The number of hydrogen-bond donors (Lipinski definition) is 1. The topological polar surface area (TPSA) is 114 Å². The molecular weight excluding hydrogens is 357 g/mol. The van der Waals surface area contributed by atoms with Crippen LogP contribution in [0.3, 0.4) is 0 Å². The van der Waals surface area contributed by atoms with Gasteiger partial charge in [0.15, 0.2) is 11.5 Å². The van der Waals surface area contributed by atoms with E-state index in [2.05, 4.69) is 5.32 Å². The Bertz CT molecular complexity index is 895. The van der Waals surface area contributed by atoms with Crippen molar-refractivity contribution in [2.75, 3.05) is 19.0 Å². The van der Waals surface area contributed by atoms with Crippen LogP contribution in [-0.4, -0.2) is 24.5 Å². The first-order valence-corrected chi connectivity index (χ1v) is 7.89. The highest BCUT2D eigenvalue weighted by Gasteiger charge is 2.13. The third-order valence-corrected chi connectivity index (χ3v) is 3.53. The molecule has 0 spiro atoms. The molecule has 0 heterocycles. The van der Waals surface area contributed by atoms with Crippen molar-refractivity contribution in [3.05, 3.63) is 57.9 Å². The standard InChI is InChI=1S/C18H16FN3O5/c1-26-17-9-12(11-20)4-7-16(17)27-8-2-3-18(23)21-15-10-13(22(24)25)5-6-14(15)19/h4-7,9-10H,2-3,8H2,1H3,(H,21,23). The van der Waals surface area contributed by atoms with Crippen LogP contribution >= 0.6 is 0 Å². The molecule has 0 unspecified atom stereocenters. The summed E-state index contributed by atoms with van der Waals surface area (Å²) in [6.45, 7) is 0.188. The van der Waals surface area contributed by atoms with Crippen LogP contribution in [0.5, 0.6) is 11.5 Å². The minimum Gasteiger partial charge on any atom is -0.493 e. The molecular formula is C18H16FN3O5. The summed E-state index contributed by atoms with van der Waals surface area (Å²) in [4.78, 5) is 21.9. The summed E-state index contributed by atoms with van der Waals surface area (Å²) < 4.78 is 24.3. The maximum atomic E-state index is 13.6. The van der Waals surface area contributed by atoms with Gasteiger partial charge in [0.25, 0.3) is 5.69 Å². The van der Waals surface area contributed by atoms with Crippen LogP contribution in [0.1, 0.15) is 18.4 Å². The Morgan fingerprint density at radius 3 is 2.74 bits per heavy atom. The van der Waals surface area contributed by atoms with Crippen molar-refractivity contribution in [1.29, 1.82) is 5.26 Å². The number of nitrogens with zero attached hydrogens (tertiary/aromatic N) is 2. The van der Waals surface area contributed by atoms with E-state index in [-0.39, 0.29) is 24.4 Å². The van der Waals surface area contributed by atoms with Gasteiger partial charge in [-0.15, -0.1) is 0 Å². The number of nitrogens with one attached hydrogen (secondary N) is 1. The lowest BCUT2D eigenvalue weighted by Gasteiger charge is -2.11. The molecule has 1 amide bonds. The lowest BCUT2D eigenvalue weighted by molar-refractivity contribution is -0.384. The van der Waals surface area contributed by atoms with Gasteiger partial charge in [0, 0.05) is 24.6 Å². The normalized spacial score (nSPS) is 9.96. The number of amides is 1. The molecule has 0 atom stereocenters. The van der Waals surface area contributed by atoms with E-state index in [0.717, 1.165) is 18.2 Å². The Morgan fingerprint density at radius 1 is 1.30 bits per heavy atom. The SMILES string of the molecule is COc1cc(C#N)ccc1OCCCC(=O)Nc1cc([N+](=O)[O-])ccc1F. The van der Waals surface area contributed by atoms with Gasteiger partial charge < -0.3 is 14.8 Å². The van der Waals surface area contributed by atoms with E-state index in [1.807, 2.05) is 6.07 Å². The van der Waals surface area contributed by atoms with Gasteiger partial charge >= 0.3 is 0 Å². The minimum atomic E-state index is -0.757. The lowest BCUT2D eigenvalue weighted by atomic mass is 10.2. The van der Waals surface area contributed by atoms with Crippen LogP contribution in [0.15, 0.2) is 36.4 Å². The summed E-state index contributed by atoms with van der Waals surface area (Å²) in [7, 11) is 1.45. The second kappa shape index (κ2) is 9.15. The van der Waals surface area contributed by atoms with Crippen LogP contribution in [0.2, 0.25) is 0 Å². The van der Waals surface area contributed by atoms with Crippen molar-refractivity contribution in [3.63, 3.8) is 0 Å². The molecule has 2 rings (SSSR count). The third-order valence-electron chi connectivity index (χ3n) is 3.53. The predicted octanol–water partition coefficient (Wildman–Crippen LogP) is 3.41. The largest absolute Gasteiger partial charge is 0.493 e. The average Bonchev–Trinajstić information content (AvgIpc) is 2.66. The maximum Gasteiger partial charge on any atom is 0.271 e. The first-order chi connectivity index (χ1) is 12.9. The van der Waals surface area contributed by atoms with E-state index in [4.69, 9.17) is 14.7 Å². The van der Waals surface area contributed by atoms with E-state index >= 15 is 0 Å². The molecule has 2 aromatic rings. The predicted molar refractivity (Wildman–Crippen MR) is 94.1 cm³/mol. The van der Waals surface area contributed by atoms with E-state index in [0.29, 0.717) is 23.5 Å². The van der Waals surface area contributed by atoms with Gasteiger partial charge in [-0.3, -0.25) is 14.9 Å². The fourth-order valence-corrected chi connectivity index (χ4v) is 2.21. The molecule has 0 aromatic heterocycles. The second-order valence-corrected chi connectivity index (χ2v) is 5.40. The molecule has 9 heteroatoms. The number of anilines is 1. The van der Waals surface area contributed by atoms with Crippen molar-refractivity contribution in [3.8, 4) is 17.6 Å². The molecule has 2 aromatic carbocycles. The zero-order valence-corrected chi connectivity index (χ0v) is 14.4. The first-order valence-electron chi connectivity index (χ1n) is 7.89. The zero-order valence-electron chi connectivity index (χ0n) is 14.4. The number of nitriles is 1. The number of carbonyl (C=O) groups is 1. The van der Waals surface area contributed by atoms with Gasteiger partial charge in [-0.05, 0) is 24.6 Å². The summed E-state index contributed by atoms with van der Waals surface area (Å²) in [6, 6.07) is 9.60. The summed E-state index contributed by atoms with van der Waals surface area (Å²) in [5.41, 5.74) is -0.135.